The van der Waals surface area contributed by atoms with Crippen LogP contribution in [-0.2, 0) is 21.5 Å². The number of carbonyl (C=O) groups excluding carboxylic acids is 1. The minimum absolute atomic E-state index is 0.0102. The Hall–Kier alpha value is -1.43. The molecule has 112 valence electrons. The van der Waals surface area contributed by atoms with E-state index in [1.807, 2.05) is 20.8 Å². The van der Waals surface area contributed by atoms with Crippen LogP contribution in [0.2, 0.25) is 0 Å². The minimum atomic E-state index is -0.148. The third-order valence-electron chi connectivity index (χ3n) is 3.30. The molecular formula is C14H23N3O3. The van der Waals surface area contributed by atoms with Crippen molar-refractivity contribution in [1.82, 2.24) is 15.5 Å². The fourth-order valence-electron chi connectivity index (χ4n) is 2.11. The van der Waals surface area contributed by atoms with Crippen LogP contribution in [0.4, 0.5) is 0 Å². The zero-order valence-electron chi connectivity index (χ0n) is 12.4. The van der Waals surface area contributed by atoms with Crippen molar-refractivity contribution in [2.24, 2.45) is 5.92 Å². The molecule has 0 aromatic carbocycles. The zero-order chi connectivity index (χ0) is 14.6. The third-order valence-corrected chi connectivity index (χ3v) is 3.30. The second kappa shape index (κ2) is 6.35. The summed E-state index contributed by atoms with van der Waals surface area (Å²) in [7, 11) is 0. The van der Waals surface area contributed by atoms with Crippen LogP contribution in [0.1, 0.15) is 51.7 Å². The molecule has 6 heteroatoms. The molecule has 1 amide bonds. The molecule has 0 bridgehead atoms. The monoisotopic (exact) mass is 281 g/mol. The molecule has 2 rings (SSSR count). The van der Waals surface area contributed by atoms with Crippen LogP contribution >= 0.6 is 0 Å². The van der Waals surface area contributed by atoms with Crippen LogP contribution in [-0.4, -0.2) is 29.3 Å². The fraction of sp³-hybridized carbons (Fsp3) is 0.786. The maximum absolute atomic E-state index is 11.8. The van der Waals surface area contributed by atoms with Gasteiger partial charge in [0.2, 0.25) is 11.8 Å². The number of nitrogens with one attached hydrogen (secondary N) is 1. The maximum Gasteiger partial charge on any atom is 0.246 e. The number of hydrogen-bond donors (Lipinski definition) is 1. The molecule has 2 heterocycles. The summed E-state index contributed by atoms with van der Waals surface area (Å²) in [6, 6.07) is 0. The summed E-state index contributed by atoms with van der Waals surface area (Å²) in [5, 5.41) is 6.74. The maximum atomic E-state index is 11.8. The quantitative estimate of drug-likeness (QED) is 0.910. The fourth-order valence-corrected chi connectivity index (χ4v) is 2.11. The SMILES string of the molecule is CC(C)(C)c1noc(CNC(=O)C[C@@H]2CCCOC2)n1. The van der Waals surface area contributed by atoms with Gasteiger partial charge in [0.15, 0.2) is 5.82 Å². The van der Waals surface area contributed by atoms with Crippen molar-refractivity contribution in [3.8, 4) is 0 Å². The number of amides is 1. The van der Waals surface area contributed by atoms with Gasteiger partial charge < -0.3 is 14.6 Å². The van der Waals surface area contributed by atoms with Gasteiger partial charge in [0.25, 0.3) is 0 Å². The van der Waals surface area contributed by atoms with Crippen molar-refractivity contribution in [3.63, 3.8) is 0 Å². The first-order valence-electron chi connectivity index (χ1n) is 7.12. The Morgan fingerprint density at radius 3 is 2.85 bits per heavy atom. The van der Waals surface area contributed by atoms with Gasteiger partial charge in [-0.25, -0.2) is 0 Å². The predicted octanol–water partition coefficient (Wildman–Crippen LogP) is 1.80. The predicted molar refractivity (Wildman–Crippen MR) is 73.0 cm³/mol. The van der Waals surface area contributed by atoms with Crippen molar-refractivity contribution >= 4 is 5.91 Å². The Morgan fingerprint density at radius 1 is 1.45 bits per heavy atom. The molecule has 6 nitrogen and oxygen atoms in total. The largest absolute Gasteiger partial charge is 0.381 e. The van der Waals surface area contributed by atoms with Gasteiger partial charge in [0.05, 0.1) is 6.54 Å². The van der Waals surface area contributed by atoms with Gasteiger partial charge in [-0.2, -0.15) is 4.98 Å². The van der Waals surface area contributed by atoms with E-state index in [9.17, 15) is 4.79 Å². The highest BCUT2D eigenvalue weighted by molar-refractivity contribution is 5.76. The first kappa shape index (κ1) is 15.0. The molecule has 0 aliphatic carbocycles. The topological polar surface area (TPSA) is 77.2 Å². The number of aromatic nitrogens is 2. The Balaban J connectivity index is 1.76. The molecule has 0 radical (unpaired) electrons. The summed E-state index contributed by atoms with van der Waals surface area (Å²) in [5.41, 5.74) is -0.148. The lowest BCUT2D eigenvalue weighted by Gasteiger charge is -2.21. The summed E-state index contributed by atoms with van der Waals surface area (Å²) >= 11 is 0. The molecule has 20 heavy (non-hydrogen) atoms. The average molecular weight is 281 g/mol. The van der Waals surface area contributed by atoms with Crippen molar-refractivity contribution in [2.75, 3.05) is 13.2 Å². The molecule has 1 fully saturated rings. The molecule has 1 saturated heterocycles. The highest BCUT2D eigenvalue weighted by atomic mass is 16.5. The highest BCUT2D eigenvalue weighted by Gasteiger charge is 2.21. The smallest absolute Gasteiger partial charge is 0.246 e. The molecule has 0 saturated carbocycles. The van der Waals surface area contributed by atoms with E-state index in [1.54, 1.807) is 0 Å². The molecule has 1 aromatic heterocycles. The number of ether oxygens (including phenoxy) is 1. The molecule has 0 unspecified atom stereocenters. The zero-order valence-corrected chi connectivity index (χ0v) is 12.4. The van der Waals surface area contributed by atoms with Crippen LogP contribution in [0, 0.1) is 5.92 Å². The molecule has 1 aromatic rings. The minimum Gasteiger partial charge on any atom is -0.381 e. The number of carbonyl (C=O) groups is 1. The second-order valence-electron chi connectivity index (χ2n) is 6.33. The van der Waals surface area contributed by atoms with Crippen LogP contribution in [0.3, 0.4) is 0 Å². The molecule has 1 aliphatic heterocycles. The summed E-state index contributed by atoms with van der Waals surface area (Å²) in [6.45, 7) is 7.84. The first-order chi connectivity index (χ1) is 9.45. The standard InChI is InChI=1S/C14H23N3O3/c1-14(2,3)13-16-12(20-17-13)8-15-11(18)7-10-5-4-6-19-9-10/h10H,4-9H2,1-3H3,(H,15,18)/t10-/m0/s1. The number of rotatable bonds is 4. The number of hydrogen-bond acceptors (Lipinski definition) is 5. The number of nitrogens with zero attached hydrogens (tertiary/aromatic N) is 2. The van der Waals surface area contributed by atoms with Crippen LogP contribution in [0.25, 0.3) is 0 Å². The van der Waals surface area contributed by atoms with E-state index >= 15 is 0 Å². The van der Waals surface area contributed by atoms with Gasteiger partial charge in [-0.3, -0.25) is 4.79 Å². The van der Waals surface area contributed by atoms with Crippen molar-refractivity contribution < 1.29 is 14.1 Å². The summed E-state index contributed by atoms with van der Waals surface area (Å²) in [4.78, 5) is 16.1. The van der Waals surface area contributed by atoms with Gasteiger partial charge in [-0.05, 0) is 18.8 Å². The molecular weight excluding hydrogens is 258 g/mol. The summed E-state index contributed by atoms with van der Waals surface area (Å²) in [6.07, 6.45) is 2.60. The van der Waals surface area contributed by atoms with Gasteiger partial charge in [0, 0.05) is 25.0 Å². The van der Waals surface area contributed by atoms with Gasteiger partial charge in [-0.1, -0.05) is 25.9 Å². The van der Waals surface area contributed by atoms with E-state index in [2.05, 4.69) is 15.5 Å². The van der Waals surface area contributed by atoms with E-state index in [0.717, 1.165) is 19.4 Å². The lowest BCUT2D eigenvalue weighted by molar-refractivity contribution is -0.123. The van der Waals surface area contributed by atoms with Gasteiger partial charge in [0.1, 0.15) is 0 Å². The lowest BCUT2D eigenvalue weighted by Crippen LogP contribution is -2.28. The Labute approximate surface area is 119 Å². The Morgan fingerprint density at radius 2 is 2.25 bits per heavy atom. The van der Waals surface area contributed by atoms with E-state index < -0.39 is 0 Å². The van der Waals surface area contributed by atoms with Crippen LogP contribution in [0.15, 0.2) is 4.52 Å². The van der Waals surface area contributed by atoms with E-state index in [4.69, 9.17) is 9.26 Å². The van der Waals surface area contributed by atoms with Crippen molar-refractivity contribution in [3.05, 3.63) is 11.7 Å². The Kier molecular flexibility index (Phi) is 4.75. The van der Waals surface area contributed by atoms with E-state index in [1.165, 1.54) is 0 Å². The van der Waals surface area contributed by atoms with Crippen LogP contribution in [0.5, 0.6) is 0 Å². The molecule has 1 N–H and O–H groups in total. The molecule has 1 aliphatic rings. The van der Waals surface area contributed by atoms with Crippen molar-refractivity contribution in [2.45, 2.75) is 52.0 Å². The van der Waals surface area contributed by atoms with Gasteiger partial charge >= 0.3 is 0 Å². The normalized spacial score (nSPS) is 19.9. The van der Waals surface area contributed by atoms with Crippen molar-refractivity contribution in [1.29, 1.82) is 0 Å². The molecule has 0 spiro atoms. The first-order valence-corrected chi connectivity index (χ1v) is 7.12. The summed E-state index contributed by atoms with van der Waals surface area (Å²) in [5.74, 6) is 1.44. The average Bonchev–Trinajstić information content (AvgIpc) is 2.86. The Bertz CT molecular complexity index is 445. The lowest BCUT2D eigenvalue weighted by atomic mass is 9.96. The second-order valence-corrected chi connectivity index (χ2v) is 6.33. The van der Waals surface area contributed by atoms with Gasteiger partial charge in [-0.15, -0.1) is 0 Å². The van der Waals surface area contributed by atoms with E-state index in [-0.39, 0.29) is 17.9 Å². The highest BCUT2D eigenvalue weighted by Crippen LogP contribution is 2.19. The van der Waals surface area contributed by atoms with Crippen LogP contribution < -0.4 is 5.32 Å². The third kappa shape index (κ3) is 4.30. The summed E-state index contributed by atoms with van der Waals surface area (Å²) < 4.78 is 10.5. The molecule has 1 atom stereocenters. The van der Waals surface area contributed by atoms with E-state index in [0.29, 0.717) is 30.7 Å².